The Morgan fingerprint density at radius 3 is 2.68 bits per heavy atom. The van der Waals surface area contributed by atoms with Gasteiger partial charge in [0, 0.05) is 5.56 Å². The van der Waals surface area contributed by atoms with Gasteiger partial charge in [-0.1, -0.05) is 18.2 Å². The van der Waals surface area contributed by atoms with Crippen LogP contribution < -0.4 is 4.90 Å². The van der Waals surface area contributed by atoms with Crippen molar-refractivity contribution in [3.8, 4) is 0 Å². The summed E-state index contributed by atoms with van der Waals surface area (Å²) in [6.45, 7) is 5.27. The number of morpholine rings is 1. The van der Waals surface area contributed by atoms with Gasteiger partial charge in [0.05, 0.1) is 37.9 Å². The zero-order valence-electron chi connectivity index (χ0n) is 14.1. The summed E-state index contributed by atoms with van der Waals surface area (Å²) in [5.41, 5.74) is 0.189. The van der Waals surface area contributed by atoms with Gasteiger partial charge in [0.25, 0.3) is 5.91 Å². The lowest BCUT2D eigenvalue weighted by atomic mass is 9.96. The maximum atomic E-state index is 14.3. The number of ketones is 1. The van der Waals surface area contributed by atoms with Crippen molar-refractivity contribution in [2.75, 3.05) is 39.4 Å². The minimum Gasteiger partial charge on any atom is -0.503 e. The van der Waals surface area contributed by atoms with Gasteiger partial charge < -0.3 is 19.6 Å². The van der Waals surface area contributed by atoms with E-state index in [4.69, 9.17) is 4.74 Å². The molecule has 1 aromatic carbocycles. The van der Waals surface area contributed by atoms with Crippen LogP contribution in [0, 0.1) is 5.82 Å². The Bertz CT molecular complexity index is 713. The van der Waals surface area contributed by atoms with Crippen molar-refractivity contribution in [3.05, 3.63) is 47.0 Å². The van der Waals surface area contributed by atoms with E-state index >= 15 is 0 Å². The lowest BCUT2D eigenvalue weighted by Gasteiger charge is -2.30. The average Bonchev–Trinajstić information content (AvgIpc) is 2.85. The molecular weight excluding hydrogens is 327 g/mol. The van der Waals surface area contributed by atoms with E-state index in [-0.39, 0.29) is 11.1 Å². The number of halogens is 1. The molecule has 0 aliphatic carbocycles. The summed E-state index contributed by atoms with van der Waals surface area (Å²) in [5, 5.41) is 10.2. The quantitative estimate of drug-likeness (QED) is 0.787. The van der Waals surface area contributed by atoms with E-state index in [1.807, 2.05) is 0 Å². The highest BCUT2D eigenvalue weighted by atomic mass is 19.1. The Morgan fingerprint density at radius 1 is 1.36 bits per heavy atom. The van der Waals surface area contributed by atoms with Crippen LogP contribution in [0.5, 0.6) is 0 Å². The lowest BCUT2D eigenvalue weighted by molar-refractivity contribution is -0.907. The van der Waals surface area contributed by atoms with Gasteiger partial charge in [-0.3, -0.25) is 9.59 Å². The molecule has 0 spiro atoms. The van der Waals surface area contributed by atoms with E-state index < -0.39 is 29.3 Å². The molecule has 1 atom stereocenters. The van der Waals surface area contributed by atoms with E-state index in [1.165, 1.54) is 22.8 Å². The Kier molecular flexibility index (Phi) is 5.15. The average molecular weight is 349 g/mol. The van der Waals surface area contributed by atoms with E-state index in [1.54, 1.807) is 18.2 Å². The molecule has 1 unspecified atom stereocenters. The molecule has 25 heavy (non-hydrogen) atoms. The van der Waals surface area contributed by atoms with Crippen molar-refractivity contribution in [2.45, 2.75) is 13.0 Å². The number of ether oxygens (including phenoxy) is 1. The third-order valence-electron chi connectivity index (χ3n) is 4.79. The zero-order valence-corrected chi connectivity index (χ0v) is 14.1. The summed E-state index contributed by atoms with van der Waals surface area (Å²) in [4.78, 5) is 27.2. The number of amides is 1. The number of hydrogen-bond donors (Lipinski definition) is 2. The number of carbonyl (C=O) groups excluding carboxylic acids is 2. The van der Waals surface area contributed by atoms with Crippen molar-refractivity contribution in [1.29, 1.82) is 0 Å². The molecular formula is C18H22FN2O4+. The number of Topliss-reactive ketones (excluding diaryl/α,β-unsaturated/α-hetero) is 1. The van der Waals surface area contributed by atoms with Gasteiger partial charge in [0.2, 0.25) is 0 Å². The van der Waals surface area contributed by atoms with E-state index in [2.05, 4.69) is 0 Å². The van der Waals surface area contributed by atoms with Crippen LogP contribution in [0.25, 0.3) is 0 Å². The molecule has 1 aromatic rings. The van der Waals surface area contributed by atoms with Gasteiger partial charge in [-0.05, 0) is 13.0 Å². The second-order valence-corrected chi connectivity index (χ2v) is 6.35. The number of nitrogens with zero attached hydrogens (tertiary/aromatic N) is 1. The van der Waals surface area contributed by atoms with Crippen LogP contribution in [0.1, 0.15) is 18.5 Å². The number of carbonyl (C=O) groups is 2. The van der Waals surface area contributed by atoms with Gasteiger partial charge in [0.1, 0.15) is 18.9 Å². The number of benzene rings is 1. The summed E-state index contributed by atoms with van der Waals surface area (Å²) in [7, 11) is 0. The van der Waals surface area contributed by atoms with Crippen LogP contribution in [0.4, 0.5) is 4.39 Å². The summed E-state index contributed by atoms with van der Waals surface area (Å²) < 4.78 is 19.6. The van der Waals surface area contributed by atoms with Gasteiger partial charge in [-0.2, -0.15) is 0 Å². The summed E-state index contributed by atoms with van der Waals surface area (Å²) in [6, 6.07) is 5.16. The molecule has 2 aliphatic heterocycles. The topological polar surface area (TPSA) is 71.3 Å². The summed E-state index contributed by atoms with van der Waals surface area (Å²) >= 11 is 0. The van der Waals surface area contributed by atoms with Crippen LogP contribution in [0.2, 0.25) is 0 Å². The summed E-state index contributed by atoms with van der Waals surface area (Å²) in [6.07, 6.45) is 0. The molecule has 1 amide bonds. The van der Waals surface area contributed by atoms with Gasteiger partial charge in [-0.15, -0.1) is 0 Å². The van der Waals surface area contributed by atoms with Crippen molar-refractivity contribution in [3.63, 3.8) is 0 Å². The van der Waals surface area contributed by atoms with Crippen molar-refractivity contribution < 1.29 is 28.7 Å². The number of aliphatic hydroxyl groups excluding tert-OH is 1. The fraction of sp³-hybridized carbons (Fsp3) is 0.444. The molecule has 6 nitrogen and oxygen atoms in total. The van der Waals surface area contributed by atoms with Crippen LogP contribution >= 0.6 is 0 Å². The Hall–Kier alpha value is -2.25. The fourth-order valence-electron chi connectivity index (χ4n) is 3.45. The summed E-state index contributed by atoms with van der Waals surface area (Å²) in [5.74, 6) is -2.12. The molecule has 134 valence electrons. The first-order valence-corrected chi connectivity index (χ1v) is 8.41. The number of hydrogen-bond acceptors (Lipinski definition) is 4. The molecule has 2 aliphatic rings. The third kappa shape index (κ3) is 3.43. The molecule has 0 saturated carbocycles. The molecule has 1 saturated heterocycles. The number of aliphatic hydroxyl groups is 1. The van der Waals surface area contributed by atoms with Crippen LogP contribution in [0.15, 0.2) is 35.6 Å². The SMILES string of the molecule is CC(=O)C1=C(O)C(=O)N(CC[NH+]2CCOCC2)C1c1ccccc1F. The molecule has 2 N–H and O–H groups in total. The highest BCUT2D eigenvalue weighted by Gasteiger charge is 2.43. The van der Waals surface area contributed by atoms with Crippen molar-refractivity contribution in [2.24, 2.45) is 0 Å². The van der Waals surface area contributed by atoms with Crippen LogP contribution in [0.3, 0.4) is 0 Å². The molecule has 2 heterocycles. The van der Waals surface area contributed by atoms with Crippen LogP contribution in [-0.2, 0) is 14.3 Å². The Morgan fingerprint density at radius 2 is 2.04 bits per heavy atom. The smallest absolute Gasteiger partial charge is 0.290 e. The third-order valence-corrected chi connectivity index (χ3v) is 4.79. The molecule has 0 aromatic heterocycles. The van der Waals surface area contributed by atoms with Crippen LogP contribution in [-0.4, -0.2) is 61.1 Å². The minimum atomic E-state index is -0.883. The van der Waals surface area contributed by atoms with Gasteiger partial charge in [-0.25, -0.2) is 4.39 Å². The van der Waals surface area contributed by atoms with E-state index in [9.17, 15) is 19.1 Å². The highest BCUT2D eigenvalue weighted by molar-refractivity contribution is 6.08. The Balaban J connectivity index is 1.88. The molecule has 0 radical (unpaired) electrons. The second kappa shape index (κ2) is 7.33. The van der Waals surface area contributed by atoms with Gasteiger partial charge >= 0.3 is 0 Å². The van der Waals surface area contributed by atoms with E-state index in [0.29, 0.717) is 26.3 Å². The maximum absolute atomic E-state index is 14.3. The molecule has 0 bridgehead atoms. The van der Waals surface area contributed by atoms with Crippen molar-refractivity contribution >= 4 is 11.7 Å². The predicted molar refractivity (Wildman–Crippen MR) is 87.6 cm³/mol. The second-order valence-electron chi connectivity index (χ2n) is 6.35. The Labute approximate surface area is 145 Å². The first-order chi connectivity index (χ1) is 12.0. The van der Waals surface area contributed by atoms with Gasteiger partial charge in [0.15, 0.2) is 11.5 Å². The van der Waals surface area contributed by atoms with Crippen molar-refractivity contribution in [1.82, 2.24) is 4.90 Å². The molecule has 3 rings (SSSR count). The predicted octanol–water partition coefficient (Wildman–Crippen LogP) is 0.0252. The number of rotatable bonds is 5. The van der Waals surface area contributed by atoms with E-state index in [0.717, 1.165) is 13.1 Å². The molecule has 1 fully saturated rings. The number of quaternary nitrogens is 1. The monoisotopic (exact) mass is 349 g/mol. The standard InChI is InChI=1S/C18H21FN2O4/c1-12(22)15-16(13-4-2-3-5-14(13)19)21(18(24)17(15)23)7-6-20-8-10-25-11-9-20/h2-5,16,23H,6-11H2,1H3/p+1. The highest BCUT2D eigenvalue weighted by Crippen LogP contribution is 2.38. The first-order valence-electron chi connectivity index (χ1n) is 8.41. The lowest BCUT2D eigenvalue weighted by Crippen LogP contribution is -3.14. The zero-order chi connectivity index (χ0) is 18.0. The first kappa shape index (κ1) is 17.6. The molecule has 7 heteroatoms. The largest absolute Gasteiger partial charge is 0.503 e. The maximum Gasteiger partial charge on any atom is 0.290 e. The minimum absolute atomic E-state index is 0.0351. The number of nitrogens with one attached hydrogen (secondary N) is 1. The normalized spacial score (nSPS) is 21.9. The fourth-order valence-corrected chi connectivity index (χ4v) is 3.45.